The van der Waals surface area contributed by atoms with Gasteiger partial charge in [-0.15, -0.1) is 0 Å². The molecular formula is C15H33N. The highest BCUT2D eigenvalue weighted by Gasteiger charge is 2.20. The molecule has 1 heteroatoms. The first-order valence-electron chi connectivity index (χ1n) is 7.14. The highest BCUT2D eigenvalue weighted by atomic mass is 14.9. The third kappa shape index (κ3) is 7.27. The molecule has 0 aromatic carbocycles. The largest absolute Gasteiger partial charge is 0.315 e. The molecule has 0 radical (unpaired) electrons. The molecule has 2 atom stereocenters. The second-order valence-electron chi connectivity index (χ2n) is 6.06. The van der Waals surface area contributed by atoms with Crippen molar-refractivity contribution in [2.45, 2.75) is 78.7 Å². The van der Waals surface area contributed by atoms with Crippen LogP contribution in [0.4, 0.5) is 0 Å². The van der Waals surface area contributed by atoms with E-state index in [9.17, 15) is 0 Å². The van der Waals surface area contributed by atoms with Crippen LogP contribution in [-0.2, 0) is 0 Å². The van der Waals surface area contributed by atoms with E-state index in [4.69, 9.17) is 0 Å². The van der Waals surface area contributed by atoms with E-state index in [2.05, 4.69) is 47.0 Å². The van der Waals surface area contributed by atoms with E-state index in [-0.39, 0.29) is 0 Å². The molecule has 0 rings (SSSR count). The number of rotatable bonds is 9. The SMILES string of the molecule is CCC(C)CCCC(CC)CC(C)(C)NC. The summed E-state index contributed by atoms with van der Waals surface area (Å²) < 4.78 is 0. The van der Waals surface area contributed by atoms with Gasteiger partial charge in [0.05, 0.1) is 0 Å². The zero-order valence-corrected chi connectivity index (χ0v) is 12.4. The molecule has 0 saturated heterocycles. The maximum atomic E-state index is 3.42. The lowest BCUT2D eigenvalue weighted by atomic mass is 9.85. The van der Waals surface area contributed by atoms with Gasteiger partial charge < -0.3 is 5.32 Å². The van der Waals surface area contributed by atoms with Crippen molar-refractivity contribution in [1.82, 2.24) is 5.32 Å². The maximum absolute atomic E-state index is 3.42. The van der Waals surface area contributed by atoms with Gasteiger partial charge in [-0.3, -0.25) is 0 Å². The second kappa shape index (κ2) is 8.11. The monoisotopic (exact) mass is 227 g/mol. The van der Waals surface area contributed by atoms with Crippen molar-refractivity contribution in [3.8, 4) is 0 Å². The summed E-state index contributed by atoms with van der Waals surface area (Å²) in [6.45, 7) is 11.6. The van der Waals surface area contributed by atoms with Crippen LogP contribution >= 0.6 is 0 Å². The molecule has 0 aromatic heterocycles. The van der Waals surface area contributed by atoms with Gasteiger partial charge in [-0.05, 0) is 39.2 Å². The molecule has 0 amide bonds. The standard InChI is InChI=1S/C15H33N/c1-7-13(3)10-9-11-14(8-2)12-15(4,5)16-6/h13-14,16H,7-12H2,1-6H3. The van der Waals surface area contributed by atoms with Gasteiger partial charge in [-0.1, -0.05) is 52.9 Å². The Balaban J connectivity index is 3.84. The van der Waals surface area contributed by atoms with Crippen molar-refractivity contribution in [2.24, 2.45) is 11.8 Å². The Hall–Kier alpha value is -0.0400. The van der Waals surface area contributed by atoms with Crippen LogP contribution in [0, 0.1) is 11.8 Å². The molecule has 16 heavy (non-hydrogen) atoms. The normalized spacial score (nSPS) is 16.1. The summed E-state index contributed by atoms with van der Waals surface area (Å²) in [5.74, 6) is 1.81. The van der Waals surface area contributed by atoms with Crippen molar-refractivity contribution < 1.29 is 0 Å². The topological polar surface area (TPSA) is 12.0 Å². The molecule has 2 unspecified atom stereocenters. The van der Waals surface area contributed by atoms with E-state index in [1.54, 1.807) is 0 Å². The molecule has 1 nitrogen and oxygen atoms in total. The predicted octanol–water partition coefficient (Wildman–Crippen LogP) is 4.62. The van der Waals surface area contributed by atoms with Crippen LogP contribution in [-0.4, -0.2) is 12.6 Å². The third-order valence-electron chi connectivity index (χ3n) is 4.06. The zero-order chi connectivity index (χ0) is 12.6. The lowest BCUT2D eigenvalue weighted by Gasteiger charge is -2.29. The van der Waals surface area contributed by atoms with Gasteiger partial charge in [0.25, 0.3) is 0 Å². The van der Waals surface area contributed by atoms with Crippen LogP contribution in [0.25, 0.3) is 0 Å². The molecule has 0 aromatic rings. The van der Waals surface area contributed by atoms with E-state index >= 15 is 0 Å². The summed E-state index contributed by atoms with van der Waals surface area (Å²) in [6, 6.07) is 0. The van der Waals surface area contributed by atoms with Gasteiger partial charge in [-0.2, -0.15) is 0 Å². The Morgan fingerprint density at radius 2 is 1.69 bits per heavy atom. The fourth-order valence-electron chi connectivity index (χ4n) is 2.23. The number of nitrogens with one attached hydrogen (secondary N) is 1. The Morgan fingerprint density at radius 1 is 1.06 bits per heavy atom. The van der Waals surface area contributed by atoms with Crippen LogP contribution in [0.2, 0.25) is 0 Å². The number of hydrogen-bond acceptors (Lipinski definition) is 1. The summed E-state index contributed by atoms with van der Waals surface area (Å²) >= 11 is 0. The average Bonchev–Trinajstić information content (AvgIpc) is 2.27. The molecule has 0 aliphatic carbocycles. The van der Waals surface area contributed by atoms with Crippen LogP contribution in [0.5, 0.6) is 0 Å². The molecule has 0 spiro atoms. The molecule has 1 N–H and O–H groups in total. The van der Waals surface area contributed by atoms with Crippen LogP contribution in [0.3, 0.4) is 0 Å². The average molecular weight is 227 g/mol. The van der Waals surface area contributed by atoms with Crippen molar-refractivity contribution in [3.63, 3.8) is 0 Å². The minimum Gasteiger partial charge on any atom is -0.315 e. The van der Waals surface area contributed by atoms with E-state index < -0.39 is 0 Å². The van der Waals surface area contributed by atoms with Crippen molar-refractivity contribution in [1.29, 1.82) is 0 Å². The van der Waals surface area contributed by atoms with E-state index in [1.807, 2.05) is 0 Å². The van der Waals surface area contributed by atoms with Gasteiger partial charge in [0.2, 0.25) is 0 Å². The Bertz CT molecular complexity index is 163. The van der Waals surface area contributed by atoms with Gasteiger partial charge in [-0.25, -0.2) is 0 Å². The molecular weight excluding hydrogens is 194 g/mol. The zero-order valence-electron chi connectivity index (χ0n) is 12.4. The molecule has 0 heterocycles. The van der Waals surface area contributed by atoms with E-state index in [0.717, 1.165) is 11.8 Å². The maximum Gasteiger partial charge on any atom is 0.0124 e. The van der Waals surface area contributed by atoms with Gasteiger partial charge in [0.1, 0.15) is 0 Å². The summed E-state index contributed by atoms with van der Waals surface area (Å²) in [4.78, 5) is 0. The van der Waals surface area contributed by atoms with Crippen molar-refractivity contribution >= 4 is 0 Å². The van der Waals surface area contributed by atoms with Crippen LogP contribution in [0.15, 0.2) is 0 Å². The summed E-state index contributed by atoms with van der Waals surface area (Å²) in [5.41, 5.74) is 0.303. The molecule has 0 bridgehead atoms. The molecule has 0 aliphatic heterocycles. The smallest absolute Gasteiger partial charge is 0.0124 e. The Labute approximate surface area is 103 Å². The first-order chi connectivity index (χ1) is 7.45. The van der Waals surface area contributed by atoms with Gasteiger partial charge in [0.15, 0.2) is 0 Å². The lowest BCUT2D eigenvalue weighted by Crippen LogP contribution is -2.38. The molecule has 98 valence electrons. The Morgan fingerprint density at radius 3 is 2.12 bits per heavy atom. The van der Waals surface area contributed by atoms with E-state index in [1.165, 1.54) is 38.5 Å². The minimum absolute atomic E-state index is 0.303. The first-order valence-corrected chi connectivity index (χ1v) is 7.14. The summed E-state index contributed by atoms with van der Waals surface area (Å²) in [7, 11) is 2.08. The highest BCUT2D eigenvalue weighted by molar-refractivity contribution is 4.78. The van der Waals surface area contributed by atoms with Gasteiger partial charge >= 0.3 is 0 Å². The Kier molecular flexibility index (Phi) is 8.09. The summed E-state index contributed by atoms with van der Waals surface area (Å²) in [6.07, 6.45) is 8.19. The second-order valence-corrected chi connectivity index (χ2v) is 6.06. The summed E-state index contributed by atoms with van der Waals surface area (Å²) in [5, 5.41) is 3.42. The van der Waals surface area contributed by atoms with E-state index in [0.29, 0.717) is 5.54 Å². The van der Waals surface area contributed by atoms with Crippen molar-refractivity contribution in [2.75, 3.05) is 7.05 Å². The highest BCUT2D eigenvalue weighted by Crippen LogP contribution is 2.25. The van der Waals surface area contributed by atoms with Crippen LogP contribution in [0.1, 0.15) is 73.1 Å². The first kappa shape index (κ1) is 16.0. The lowest BCUT2D eigenvalue weighted by molar-refractivity contribution is 0.286. The molecule has 0 aliphatic rings. The number of hydrogen-bond donors (Lipinski definition) is 1. The molecule has 0 saturated carbocycles. The third-order valence-corrected chi connectivity index (χ3v) is 4.06. The molecule has 0 fully saturated rings. The van der Waals surface area contributed by atoms with Crippen molar-refractivity contribution in [3.05, 3.63) is 0 Å². The fourth-order valence-corrected chi connectivity index (χ4v) is 2.23. The predicted molar refractivity (Wildman–Crippen MR) is 74.8 cm³/mol. The quantitative estimate of drug-likeness (QED) is 0.606. The fraction of sp³-hybridized carbons (Fsp3) is 1.00. The van der Waals surface area contributed by atoms with Gasteiger partial charge in [0, 0.05) is 5.54 Å². The van der Waals surface area contributed by atoms with Crippen LogP contribution < -0.4 is 5.32 Å². The minimum atomic E-state index is 0.303.